The van der Waals surface area contributed by atoms with Gasteiger partial charge in [-0.05, 0) is 58.9 Å². The summed E-state index contributed by atoms with van der Waals surface area (Å²) < 4.78 is 16.1. The number of imide groups is 1. The van der Waals surface area contributed by atoms with Gasteiger partial charge in [0.2, 0.25) is 0 Å². The summed E-state index contributed by atoms with van der Waals surface area (Å²) in [6.07, 6.45) is 1.57. The van der Waals surface area contributed by atoms with Crippen LogP contribution in [0.2, 0.25) is 0 Å². The number of ether oxygens (including phenoxy) is 3. The van der Waals surface area contributed by atoms with E-state index in [1.807, 2.05) is 53.8 Å². The molecule has 0 unspecified atom stereocenters. The molecule has 3 rings (SSSR count). The number of urea groups is 1. The number of hydrogen-bond donors (Lipinski definition) is 1. The predicted molar refractivity (Wildman–Crippen MR) is 121 cm³/mol. The first-order valence-corrected chi connectivity index (χ1v) is 10.4. The molecule has 0 radical (unpaired) electrons. The van der Waals surface area contributed by atoms with Gasteiger partial charge in [-0.15, -0.1) is 0 Å². The molecule has 9 heteroatoms. The van der Waals surface area contributed by atoms with Crippen molar-refractivity contribution in [2.75, 3.05) is 20.8 Å². The van der Waals surface area contributed by atoms with Crippen LogP contribution in [0.5, 0.6) is 11.5 Å². The van der Waals surface area contributed by atoms with Gasteiger partial charge >= 0.3 is 12.0 Å². The van der Waals surface area contributed by atoms with Gasteiger partial charge in [-0.3, -0.25) is 9.69 Å². The molecule has 162 valence electrons. The zero-order valence-corrected chi connectivity index (χ0v) is 19.4. The molecule has 0 bridgehead atoms. The van der Waals surface area contributed by atoms with Crippen LogP contribution in [-0.4, -0.2) is 43.6 Å². The Labute approximate surface area is 193 Å². The Morgan fingerprint density at radius 1 is 1.16 bits per heavy atom. The Kier molecular flexibility index (Phi) is 7.16. The maximum Gasteiger partial charge on any atom is 0.343 e. The molecule has 0 spiro atoms. The average molecular weight is 536 g/mol. The van der Waals surface area contributed by atoms with E-state index in [1.165, 1.54) is 14.2 Å². The van der Waals surface area contributed by atoms with Crippen molar-refractivity contribution in [3.8, 4) is 11.5 Å². The summed E-state index contributed by atoms with van der Waals surface area (Å²) in [6, 6.07) is 10.6. The lowest BCUT2D eigenvalue weighted by Gasteiger charge is -2.13. The molecule has 1 saturated heterocycles. The number of methoxy groups -OCH3 is 2. The molecular formula is C22H21IN2O6. The van der Waals surface area contributed by atoms with Gasteiger partial charge in [0.25, 0.3) is 5.91 Å². The fourth-order valence-electron chi connectivity index (χ4n) is 2.91. The maximum atomic E-state index is 12.8. The molecule has 0 aromatic heterocycles. The highest BCUT2D eigenvalue weighted by molar-refractivity contribution is 14.1. The zero-order valence-electron chi connectivity index (χ0n) is 17.2. The van der Waals surface area contributed by atoms with E-state index in [-0.39, 0.29) is 18.8 Å². The molecule has 1 heterocycles. The summed E-state index contributed by atoms with van der Waals surface area (Å²) in [7, 11) is 2.75. The maximum absolute atomic E-state index is 12.8. The first kappa shape index (κ1) is 22.6. The summed E-state index contributed by atoms with van der Waals surface area (Å²) >= 11 is 2.04. The Hall–Kier alpha value is -3.08. The zero-order chi connectivity index (χ0) is 22.5. The summed E-state index contributed by atoms with van der Waals surface area (Å²) in [5, 5.41) is 2.62. The molecule has 0 aliphatic carbocycles. The molecule has 0 atom stereocenters. The number of benzene rings is 2. The largest absolute Gasteiger partial charge is 0.493 e. The van der Waals surface area contributed by atoms with Gasteiger partial charge in [0.1, 0.15) is 5.70 Å². The Morgan fingerprint density at radius 2 is 1.87 bits per heavy atom. The number of amides is 3. The fourth-order valence-corrected chi connectivity index (χ4v) is 3.69. The molecule has 31 heavy (non-hydrogen) atoms. The quantitative estimate of drug-likeness (QED) is 0.253. The molecule has 1 N–H and O–H groups in total. The van der Waals surface area contributed by atoms with E-state index in [0.29, 0.717) is 20.6 Å². The summed E-state index contributed by atoms with van der Waals surface area (Å²) in [6.45, 7) is 1.90. The van der Waals surface area contributed by atoms with Crippen LogP contribution in [-0.2, 0) is 20.9 Å². The predicted octanol–water partition coefficient (Wildman–Crippen LogP) is 3.25. The lowest BCUT2D eigenvalue weighted by atomic mass is 10.1. The second-order valence-electron chi connectivity index (χ2n) is 6.76. The highest BCUT2D eigenvalue weighted by atomic mass is 127. The van der Waals surface area contributed by atoms with E-state index in [1.54, 1.807) is 18.2 Å². The number of carbonyl (C=O) groups is 3. The van der Waals surface area contributed by atoms with Crippen LogP contribution in [0.25, 0.3) is 6.08 Å². The molecule has 8 nitrogen and oxygen atoms in total. The third-order valence-electron chi connectivity index (χ3n) is 4.55. The highest BCUT2D eigenvalue weighted by Gasteiger charge is 2.33. The van der Waals surface area contributed by atoms with Crippen molar-refractivity contribution in [2.24, 2.45) is 0 Å². The molecule has 2 aromatic carbocycles. The Bertz CT molecular complexity index is 1050. The molecule has 1 aliphatic rings. The molecule has 1 aliphatic heterocycles. The number of esters is 1. The van der Waals surface area contributed by atoms with Gasteiger partial charge in [0, 0.05) is 0 Å². The molecule has 3 amide bonds. The van der Waals surface area contributed by atoms with E-state index in [9.17, 15) is 14.4 Å². The number of aryl methyl sites for hydroxylation is 1. The van der Waals surface area contributed by atoms with Crippen LogP contribution >= 0.6 is 22.6 Å². The Balaban J connectivity index is 1.81. The monoisotopic (exact) mass is 536 g/mol. The van der Waals surface area contributed by atoms with Gasteiger partial charge in [-0.25, -0.2) is 9.59 Å². The van der Waals surface area contributed by atoms with E-state index >= 15 is 0 Å². The van der Waals surface area contributed by atoms with Crippen molar-refractivity contribution in [3.63, 3.8) is 0 Å². The second-order valence-corrected chi connectivity index (χ2v) is 7.93. The van der Waals surface area contributed by atoms with Gasteiger partial charge < -0.3 is 19.5 Å². The summed E-state index contributed by atoms with van der Waals surface area (Å²) in [4.78, 5) is 37.6. The van der Waals surface area contributed by atoms with E-state index in [4.69, 9.17) is 9.47 Å². The van der Waals surface area contributed by atoms with Crippen LogP contribution in [0.15, 0.2) is 42.1 Å². The first-order chi connectivity index (χ1) is 14.8. The van der Waals surface area contributed by atoms with Gasteiger partial charge in [0.05, 0.1) is 24.3 Å². The minimum atomic E-state index is -0.517. The van der Waals surface area contributed by atoms with Crippen LogP contribution in [0.3, 0.4) is 0 Å². The van der Waals surface area contributed by atoms with Crippen molar-refractivity contribution in [2.45, 2.75) is 13.5 Å². The molecule has 2 aromatic rings. The number of halogens is 1. The van der Waals surface area contributed by atoms with E-state index < -0.39 is 17.9 Å². The van der Waals surface area contributed by atoms with Crippen molar-refractivity contribution >= 4 is 46.6 Å². The molecule has 0 saturated carbocycles. The lowest BCUT2D eigenvalue weighted by Crippen LogP contribution is -2.30. The van der Waals surface area contributed by atoms with Gasteiger partial charge in [-0.1, -0.05) is 29.8 Å². The molecular weight excluding hydrogens is 515 g/mol. The van der Waals surface area contributed by atoms with E-state index in [2.05, 4.69) is 10.1 Å². The van der Waals surface area contributed by atoms with Crippen molar-refractivity contribution in [1.82, 2.24) is 10.2 Å². The van der Waals surface area contributed by atoms with Crippen molar-refractivity contribution < 1.29 is 28.6 Å². The van der Waals surface area contributed by atoms with E-state index in [0.717, 1.165) is 16.0 Å². The number of nitrogens with zero attached hydrogens (tertiary/aromatic N) is 1. The standard InChI is InChI=1S/C22H21IN2O6/c1-13-4-6-14(7-5-13)11-25-21(27)17(24-22(25)28)9-15-8-16(23)20(18(10-15)29-2)31-12-19(26)30-3/h4-10H,11-12H2,1-3H3,(H,24,28)/b17-9+. The minimum Gasteiger partial charge on any atom is -0.493 e. The second kappa shape index (κ2) is 9.82. The normalized spacial score (nSPS) is 14.6. The van der Waals surface area contributed by atoms with Crippen molar-refractivity contribution in [3.05, 3.63) is 62.4 Å². The topological polar surface area (TPSA) is 94.2 Å². The smallest absolute Gasteiger partial charge is 0.343 e. The van der Waals surface area contributed by atoms with Gasteiger partial charge in [-0.2, -0.15) is 0 Å². The lowest BCUT2D eigenvalue weighted by molar-refractivity contribution is -0.143. The summed E-state index contributed by atoms with van der Waals surface area (Å²) in [5.41, 5.74) is 2.76. The number of rotatable bonds is 7. The SMILES string of the molecule is COC(=O)COc1c(I)cc(/C=C2/NC(=O)N(Cc3ccc(C)cc3)C2=O)cc1OC. The van der Waals surface area contributed by atoms with Gasteiger partial charge in [0.15, 0.2) is 18.1 Å². The average Bonchev–Trinajstić information content (AvgIpc) is 3.01. The summed E-state index contributed by atoms with van der Waals surface area (Å²) in [5.74, 6) is -0.156. The number of carbonyl (C=O) groups excluding carboxylic acids is 3. The van der Waals surface area contributed by atoms with Crippen LogP contribution in [0.1, 0.15) is 16.7 Å². The Morgan fingerprint density at radius 3 is 2.52 bits per heavy atom. The first-order valence-electron chi connectivity index (χ1n) is 9.29. The minimum absolute atomic E-state index is 0.165. The highest BCUT2D eigenvalue weighted by Crippen LogP contribution is 2.35. The van der Waals surface area contributed by atoms with Crippen LogP contribution in [0.4, 0.5) is 4.79 Å². The van der Waals surface area contributed by atoms with Crippen molar-refractivity contribution in [1.29, 1.82) is 0 Å². The molecule has 1 fully saturated rings. The fraction of sp³-hybridized carbons (Fsp3) is 0.227. The number of hydrogen-bond acceptors (Lipinski definition) is 6. The van der Waals surface area contributed by atoms with Crippen LogP contribution in [0, 0.1) is 10.5 Å². The third-order valence-corrected chi connectivity index (χ3v) is 5.35. The van der Waals surface area contributed by atoms with Crippen LogP contribution < -0.4 is 14.8 Å². The third kappa shape index (κ3) is 5.35. The number of nitrogens with one attached hydrogen (secondary N) is 1.